The molecule has 0 bridgehead atoms. The molecule has 0 radical (unpaired) electrons. The fourth-order valence-electron chi connectivity index (χ4n) is 2.28. The van der Waals surface area contributed by atoms with Crippen LogP contribution in [0.4, 0.5) is 0 Å². The Kier molecular flexibility index (Phi) is 10.1. The van der Waals surface area contributed by atoms with Crippen molar-refractivity contribution in [2.75, 3.05) is 26.2 Å². The molecule has 1 rings (SSSR count). The second kappa shape index (κ2) is 13.3. The van der Waals surface area contributed by atoms with E-state index in [0.29, 0.717) is 50.1 Å². The molecule has 0 aliphatic heterocycles. The minimum Gasteiger partial charge on any atom is -0.359 e. The van der Waals surface area contributed by atoms with Crippen molar-refractivity contribution in [3.05, 3.63) is 35.4 Å². The number of hydrogen-bond acceptors (Lipinski definition) is 4. The van der Waals surface area contributed by atoms with Crippen LogP contribution in [0.2, 0.25) is 0 Å². The van der Waals surface area contributed by atoms with Gasteiger partial charge < -0.3 is 21.3 Å². The summed E-state index contributed by atoms with van der Waals surface area (Å²) in [6, 6.07) is 6.40. The van der Waals surface area contributed by atoms with Crippen LogP contribution in [0.1, 0.15) is 54.7 Å². The molecule has 0 aliphatic rings. The highest BCUT2D eigenvalue weighted by Gasteiger charge is 2.08. The lowest BCUT2D eigenvalue weighted by Gasteiger charge is -2.08. The first-order valence-electron chi connectivity index (χ1n) is 9.55. The van der Waals surface area contributed by atoms with Crippen LogP contribution in [-0.4, -0.2) is 50.3 Å². The maximum Gasteiger partial charge on any atom is 0.251 e. The van der Waals surface area contributed by atoms with Crippen LogP contribution >= 0.6 is 0 Å². The highest BCUT2D eigenvalue weighted by atomic mass is 16.2. The van der Waals surface area contributed by atoms with Gasteiger partial charge in [-0.3, -0.25) is 19.2 Å². The predicted octanol–water partition coefficient (Wildman–Crippen LogP) is 0.589. The molecule has 1 aromatic carbocycles. The van der Waals surface area contributed by atoms with E-state index in [9.17, 15) is 19.2 Å². The van der Waals surface area contributed by atoms with Gasteiger partial charge in [0.05, 0.1) is 0 Å². The molecule has 27 heavy (non-hydrogen) atoms. The first-order valence-corrected chi connectivity index (χ1v) is 9.05. The van der Waals surface area contributed by atoms with E-state index in [1.54, 1.807) is 24.3 Å². The summed E-state index contributed by atoms with van der Waals surface area (Å²) >= 11 is 0. The Morgan fingerprint density at radius 3 is 1.63 bits per heavy atom. The number of unbranched alkanes of at least 4 members (excludes halogenated alkanes) is 2. The van der Waals surface area contributed by atoms with Gasteiger partial charge in [-0.1, -0.05) is 0 Å². The van der Waals surface area contributed by atoms with E-state index in [4.69, 9.17) is 1.37 Å². The van der Waals surface area contributed by atoms with Crippen LogP contribution in [0.25, 0.3) is 0 Å². The van der Waals surface area contributed by atoms with Crippen LogP contribution in [0.15, 0.2) is 24.3 Å². The van der Waals surface area contributed by atoms with E-state index in [1.165, 1.54) is 6.92 Å². The van der Waals surface area contributed by atoms with E-state index < -0.39 is 6.39 Å². The Bertz CT molecular complexity index is 607. The SMILES string of the molecule is [2H]C(=O)NCCCCNC(=O)c1ccc(C(=O)NCCCCNC(C)=O)cc1. The van der Waals surface area contributed by atoms with Gasteiger partial charge in [0.1, 0.15) is 1.37 Å². The highest BCUT2D eigenvalue weighted by Crippen LogP contribution is 2.05. The summed E-state index contributed by atoms with van der Waals surface area (Å²) in [5, 5.41) is 10.6. The van der Waals surface area contributed by atoms with Crippen molar-refractivity contribution in [2.24, 2.45) is 0 Å². The number of hydrogen-bond donors (Lipinski definition) is 4. The maximum absolute atomic E-state index is 12.1. The first-order chi connectivity index (χ1) is 13.4. The maximum atomic E-state index is 12.1. The number of carbonyl (C=O) groups excluding carboxylic acids is 4. The molecule has 0 saturated heterocycles. The molecule has 8 heteroatoms. The minimum atomic E-state index is -0.807. The summed E-state index contributed by atoms with van der Waals surface area (Å²) in [5.74, 6) is -0.497. The molecule has 0 aromatic heterocycles. The predicted molar refractivity (Wildman–Crippen MR) is 102 cm³/mol. The smallest absolute Gasteiger partial charge is 0.251 e. The van der Waals surface area contributed by atoms with Crippen LogP contribution in [-0.2, 0) is 9.59 Å². The molecule has 4 N–H and O–H groups in total. The quantitative estimate of drug-likeness (QED) is 0.315. The van der Waals surface area contributed by atoms with Gasteiger partial charge in [0.2, 0.25) is 12.3 Å². The van der Waals surface area contributed by atoms with E-state index in [2.05, 4.69) is 21.3 Å². The average Bonchev–Trinajstić information content (AvgIpc) is 2.66. The van der Waals surface area contributed by atoms with Crippen molar-refractivity contribution in [3.8, 4) is 0 Å². The van der Waals surface area contributed by atoms with E-state index in [0.717, 1.165) is 12.8 Å². The molecule has 0 unspecified atom stereocenters. The Hall–Kier alpha value is -2.90. The van der Waals surface area contributed by atoms with Crippen LogP contribution in [0.3, 0.4) is 0 Å². The number of nitrogens with one attached hydrogen (secondary N) is 4. The van der Waals surface area contributed by atoms with Crippen molar-refractivity contribution in [1.29, 1.82) is 0 Å². The molecule has 0 heterocycles. The van der Waals surface area contributed by atoms with E-state index >= 15 is 0 Å². The van der Waals surface area contributed by atoms with Crippen LogP contribution in [0, 0.1) is 0 Å². The van der Waals surface area contributed by atoms with Crippen LogP contribution in [0.5, 0.6) is 0 Å². The van der Waals surface area contributed by atoms with Crippen molar-refractivity contribution in [1.82, 2.24) is 21.3 Å². The summed E-state index contributed by atoms with van der Waals surface area (Å²) in [4.78, 5) is 45.3. The first kappa shape index (κ1) is 20.4. The molecule has 4 amide bonds. The third-order valence-corrected chi connectivity index (χ3v) is 3.76. The van der Waals surface area contributed by atoms with E-state index in [-0.39, 0.29) is 17.7 Å². The molecule has 0 spiro atoms. The Morgan fingerprint density at radius 1 is 0.815 bits per heavy atom. The second-order valence-corrected chi connectivity index (χ2v) is 6.02. The average molecular weight is 377 g/mol. The van der Waals surface area contributed by atoms with Crippen molar-refractivity contribution in [2.45, 2.75) is 32.6 Å². The molecule has 148 valence electrons. The zero-order valence-corrected chi connectivity index (χ0v) is 15.6. The summed E-state index contributed by atoms with van der Waals surface area (Å²) < 4.78 is 6.70. The number of carbonyl (C=O) groups is 4. The summed E-state index contributed by atoms with van der Waals surface area (Å²) in [5.41, 5.74) is 0.941. The summed E-state index contributed by atoms with van der Waals surface area (Å²) in [7, 11) is 0. The van der Waals surface area contributed by atoms with Gasteiger partial charge in [-0.15, -0.1) is 0 Å². The lowest BCUT2D eigenvalue weighted by molar-refractivity contribution is -0.119. The molecule has 1 aromatic rings. The normalized spacial score (nSPS) is 10.5. The summed E-state index contributed by atoms with van der Waals surface area (Å²) in [6.45, 7) is 3.45. The zero-order chi connectivity index (χ0) is 20.8. The minimum absolute atomic E-state index is 0.0641. The Labute approximate surface area is 160 Å². The Morgan fingerprint density at radius 2 is 1.22 bits per heavy atom. The van der Waals surface area contributed by atoms with Gasteiger partial charge in [0, 0.05) is 44.2 Å². The van der Waals surface area contributed by atoms with Gasteiger partial charge in [-0.05, 0) is 49.9 Å². The Balaban J connectivity index is 2.25. The topological polar surface area (TPSA) is 116 Å². The van der Waals surface area contributed by atoms with Crippen molar-refractivity contribution in [3.63, 3.8) is 0 Å². The third kappa shape index (κ3) is 9.98. The fraction of sp³-hybridized carbons (Fsp3) is 0.474. The van der Waals surface area contributed by atoms with Gasteiger partial charge in [0.25, 0.3) is 11.8 Å². The lowest BCUT2D eigenvalue weighted by Crippen LogP contribution is -2.27. The zero-order valence-electron chi connectivity index (χ0n) is 16.6. The van der Waals surface area contributed by atoms with Gasteiger partial charge in [0.15, 0.2) is 0 Å². The highest BCUT2D eigenvalue weighted by molar-refractivity contribution is 5.97. The molecule has 8 nitrogen and oxygen atoms in total. The standard InChI is InChI=1S/C19H28N4O4/c1-15(25)21-11-4-5-13-23-19(27)17-8-6-16(7-9-17)18(26)22-12-3-2-10-20-14-24/h6-9,14H,2-5,10-13H2,1H3,(H,20,24)(H,21,25)(H,22,26)(H,23,27)/i14D. The number of amides is 4. The van der Waals surface area contributed by atoms with Gasteiger partial charge >= 0.3 is 0 Å². The van der Waals surface area contributed by atoms with E-state index in [1.807, 2.05) is 0 Å². The number of benzene rings is 1. The van der Waals surface area contributed by atoms with Crippen molar-refractivity contribution >= 4 is 24.1 Å². The molecule has 0 fully saturated rings. The second-order valence-electron chi connectivity index (χ2n) is 6.02. The molecular weight excluding hydrogens is 348 g/mol. The monoisotopic (exact) mass is 377 g/mol. The van der Waals surface area contributed by atoms with Gasteiger partial charge in [-0.2, -0.15) is 0 Å². The number of rotatable bonds is 12. The largest absolute Gasteiger partial charge is 0.359 e. The van der Waals surface area contributed by atoms with Crippen molar-refractivity contribution < 1.29 is 20.5 Å². The summed E-state index contributed by atoms with van der Waals surface area (Å²) in [6.07, 6.45) is 2.11. The lowest BCUT2D eigenvalue weighted by atomic mass is 10.1. The third-order valence-electron chi connectivity index (χ3n) is 3.76. The molecule has 0 aliphatic carbocycles. The molecular formula is C19H28N4O4. The van der Waals surface area contributed by atoms with Gasteiger partial charge in [-0.25, -0.2) is 0 Å². The molecule has 0 saturated carbocycles. The fourth-order valence-corrected chi connectivity index (χ4v) is 2.28. The molecule has 0 atom stereocenters. The van der Waals surface area contributed by atoms with Crippen LogP contribution < -0.4 is 21.3 Å².